The van der Waals surface area contributed by atoms with Crippen molar-refractivity contribution in [1.82, 2.24) is 4.90 Å². The molecule has 5 heteroatoms. The van der Waals surface area contributed by atoms with Crippen LogP contribution in [0.15, 0.2) is 4.99 Å². The number of guanidine groups is 1. The second-order valence-corrected chi connectivity index (χ2v) is 3.34. The number of hydrogen-bond donors (Lipinski definition) is 1. The monoisotopic (exact) mass is 201 g/mol. The van der Waals surface area contributed by atoms with Gasteiger partial charge in [-0.25, -0.2) is 0 Å². The molecule has 1 aliphatic rings. The number of ether oxygens (including phenoxy) is 2. The number of nitrogens with zero attached hydrogens (tertiary/aromatic N) is 2. The van der Waals surface area contributed by atoms with Crippen LogP contribution in [-0.4, -0.2) is 56.9 Å². The molecule has 1 rings (SSSR count). The van der Waals surface area contributed by atoms with Gasteiger partial charge in [0.25, 0.3) is 0 Å². The highest BCUT2D eigenvalue weighted by atomic mass is 16.5. The summed E-state index contributed by atoms with van der Waals surface area (Å²) in [5.74, 6) is 0.595. The standard InChI is InChI=1S/C9H19N3O2/c1-8(13-2)7-11-9(10)12-3-5-14-6-4-12/h8H,3-7H2,1-2H3,(H2,10,11). The lowest BCUT2D eigenvalue weighted by atomic mass is 10.4. The number of morpholine rings is 1. The molecule has 1 unspecified atom stereocenters. The third-order valence-corrected chi connectivity index (χ3v) is 2.25. The molecule has 0 saturated carbocycles. The largest absolute Gasteiger partial charge is 0.380 e. The van der Waals surface area contributed by atoms with Crippen molar-refractivity contribution in [2.75, 3.05) is 40.0 Å². The van der Waals surface area contributed by atoms with Crippen molar-refractivity contribution >= 4 is 5.96 Å². The Kier molecular flexibility index (Phi) is 4.69. The van der Waals surface area contributed by atoms with E-state index in [9.17, 15) is 0 Å². The molecular weight excluding hydrogens is 182 g/mol. The van der Waals surface area contributed by atoms with Gasteiger partial charge in [0.1, 0.15) is 0 Å². The molecule has 1 atom stereocenters. The summed E-state index contributed by atoms with van der Waals surface area (Å²) < 4.78 is 10.3. The summed E-state index contributed by atoms with van der Waals surface area (Å²) in [6, 6.07) is 0. The second kappa shape index (κ2) is 5.82. The molecule has 0 radical (unpaired) electrons. The molecule has 0 aromatic heterocycles. The number of aliphatic imine (C=N–C) groups is 1. The Morgan fingerprint density at radius 1 is 1.57 bits per heavy atom. The van der Waals surface area contributed by atoms with Crippen LogP contribution < -0.4 is 5.73 Å². The molecule has 0 spiro atoms. The molecular formula is C9H19N3O2. The summed E-state index contributed by atoms with van der Waals surface area (Å²) in [6.45, 7) is 5.70. The predicted octanol–water partition coefficient (Wildman–Crippen LogP) is -0.332. The van der Waals surface area contributed by atoms with Gasteiger partial charge in [-0.3, -0.25) is 4.99 Å². The Morgan fingerprint density at radius 3 is 2.79 bits per heavy atom. The minimum atomic E-state index is 0.120. The average Bonchev–Trinajstić information content (AvgIpc) is 2.26. The van der Waals surface area contributed by atoms with Gasteiger partial charge in [0.05, 0.1) is 25.9 Å². The van der Waals surface area contributed by atoms with E-state index < -0.39 is 0 Å². The van der Waals surface area contributed by atoms with Crippen LogP contribution >= 0.6 is 0 Å². The van der Waals surface area contributed by atoms with Crippen LogP contribution in [0.2, 0.25) is 0 Å². The minimum absolute atomic E-state index is 0.120. The van der Waals surface area contributed by atoms with Gasteiger partial charge in [-0.1, -0.05) is 0 Å². The molecule has 0 aliphatic carbocycles. The van der Waals surface area contributed by atoms with Gasteiger partial charge in [-0.15, -0.1) is 0 Å². The Labute approximate surface area is 84.9 Å². The normalized spacial score (nSPS) is 21.0. The fourth-order valence-electron chi connectivity index (χ4n) is 1.19. The van der Waals surface area contributed by atoms with Gasteiger partial charge in [0, 0.05) is 20.2 Å². The van der Waals surface area contributed by atoms with E-state index in [1.165, 1.54) is 0 Å². The molecule has 1 heterocycles. The summed E-state index contributed by atoms with van der Waals surface area (Å²) in [5.41, 5.74) is 5.82. The number of hydrogen-bond acceptors (Lipinski definition) is 3. The van der Waals surface area contributed by atoms with E-state index in [0.717, 1.165) is 26.3 Å². The molecule has 2 N–H and O–H groups in total. The number of methoxy groups -OCH3 is 1. The highest BCUT2D eigenvalue weighted by Gasteiger charge is 2.12. The quantitative estimate of drug-likeness (QED) is 0.501. The van der Waals surface area contributed by atoms with E-state index in [2.05, 4.69) is 4.99 Å². The van der Waals surface area contributed by atoms with E-state index in [0.29, 0.717) is 12.5 Å². The maximum Gasteiger partial charge on any atom is 0.191 e. The smallest absolute Gasteiger partial charge is 0.191 e. The van der Waals surface area contributed by atoms with Gasteiger partial charge in [0.2, 0.25) is 0 Å². The highest BCUT2D eigenvalue weighted by molar-refractivity contribution is 5.78. The van der Waals surface area contributed by atoms with Gasteiger partial charge in [-0.2, -0.15) is 0 Å². The Bertz CT molecular complexity index is 190. The fraction of sp³-hybridized carbons (Fsp3) is 0.889. The first-order valence-electron chi connectivity index (χ1n) is 4.89. The second-order valence-electron chi connectivity index (χ2n) is 3.34. The summed E-state index contributed by atoms with van der Waals surface area (Å²) in [5, 5.41) is 0. The van der Waals surface area contributed by atoms with Crippen LogP contribution in [0.4, 0.5) is 0 Å². The highest BCUT2D eigenvalue weighted by Crippen LogP contribution is 1.97. The molecule has 5 nitrogen and oxygen atoms in total. The van der Waals surface area contributed by atoms with E-state index in [4.69, 9.17) is 15.2 Å². The van der Waals surface area contributed by atoms with Crippen molar-refractivity contribution in [3.8, 4) is 0 Å². The Hall–Kier alpha value is -0.810. The molecule has 1 fully saturated rings. The summed E-state index contributed by atoms with van der Waals surface area (Å²) in [6.07, 6.45) is 0.120. The lowest BCUT2D eigenvalue weighted by Gasteiger charge is -2.27. The molecule has 1 saturated heterocycles. The topological polar surface area (TPSA) is 60.1 Å². The minimum Gasteiger partial charge on any atom is -0.380 e. The molecule has 1 aliphatic heterocycles. The molecule has 82 valence electrons. The molecule has 0 aromatic rings. The maximum atomic E-state index is 5.82. The average molecular weight is 201 g/mol. The van der Waals surface area contributed by atoms with Crippen molar-refractivity contribution in [2.24, 2.45) is 10.7 Å². The Morgan fingerprint density at radius 2 is 2.21 bits per heavy atom. The lowest BCUT2D eigenvalue weighted by Crippen LogP contribution is -2.45. The first kappa shape index (κ1) is 11.3. The first-order valence-corrected chi connectivity index (χ1v) is 4.89. The van der Waals surface area contributed by atoms with Crippen LogP contribution in [0.5, 0.6) is 0 Å². The van der Waals surface area contributed by atoms with Crippen molar-refractivity contribution < 1.29 is 9.47 Å². The summed E-state index contributed by atoms with van der Waals surface area (Å²) in [4.78, 5) is 6.29. The molecule has 0 amide bonds. The van der Waals surface area contributed by atoms with E-state index >= 15 is 0 Å². The molecule has 14 heavy (non-hydrogen) atoms. The Balaban J connectivity index is 2.34. The summed E-state index contributed by atoms with van der Waals surface area (Å²) >= 11 is 0. The molecule has 0 aromatic carbocycles. The van der Waals surface area contributed by atoms with E-state index in [-0.39, 0.29) is 6.10 Å². The zero-order chi connectivity index (χ0) is 10.4. The SMILES string of the molecule is COC(C)CN=C(N)N1CCOCC1. The van der Waals surface area contributed by atoms with Gasteiger partial charge in [0.15, 0.2) is 5.96 Å². The van der Waals surface area contributed by atoms with Crippen molar-refractivity contribution in [1.29, 1.82) is 0 Å². The third-order valence-electron chi connectivity index (χ3n) is 2.25. The fourth-order valence-corrected chi connectivity index (χ4v) is 1.19. The van der Waals surface area contributed by atoms with Crippen LogP contribution in [-0.2, 0) is 9.47 Å². The first-order chi connectivity index (χ1) is 6.74. The zero-order valence-corrected chi connectivity index (χ0v) is 8.90. The van der Waals surface area contributed by atoms with Crippen LogP contribution in [0.25, 0.3) is 0 Å². The summed E-state index contributed by atoms with van der Waals surface area (Å²) in [7, 11) is 1.67. The van der Waals surface area contributed by atoms with E-state index in [1.807, 2.05) is 11.8 Å². The predicted molar refractivity (Wildman–Crippen MR) is 55.4 cm³/mol. The van der Waals surface area contributed by atoms with Crippen LogP contribution in [0.3, 0.4) is 0 Å². The molecule has 0 bridgehead atoms. The van der Waals surface area contributed by atoms with Gasteiger partial charge >= 0.3 is 0 Å². The van der Waals surface area contributed by atoms with Gasteiger partial charge < -0.3 is 20.1 Å². The zero-order valence-electron chi connectivity index (χ0n) is 8.90. The van der Waals surface area contributed by atoms with Crippen molar-refractivity contribution in [2.45, 2.75) is 13.0 Å². The maximum absolute atomic E-state index is 5.82. The van der Waals surface area contributed by atoms with Crippen LogP contribution in [0, 0.1) is 0 Å². The number of nitrogens with two attached hydrogens (primary N) is 1. The van der Waals surface area contributed by atoms with Crippen LogP contribution in [0.1, 0.15) is 6.92 Å². The third kappa shape index (κ3) is 3.51. The number of rotatable bonds is 3. The van der Waals surface area contributed by atoms with Crippen molar-refractivity contribution in [3.63, 3.8) is 0 Å². The lowest BCUT2D eigenvalue weighted by molar-refractivity contribution is 0.0671. The van der Waals surface area contributed by atoms with Crippen molar-refractivity contribution in [3.05, 3.63) is 0 Å². The van der Waals surface area contributed by atoms with E-state index in [1.54, 1.807) is 7.11 Å². The van der Waals surface area contributed by atoms with Gasteiger partial charge in [-0.05, 0) is 6.92 Å².